The zero-order chi connectivity index (χ0) is 33.7. The minimum absolute atomic E-state index is 0.0200. The number of hydrogen-bond acceptors (Lipinski definition) is 8. The van der Waals surface area contributed by atoms with Gasteiger partial charge in [0.05, 0.1) is 27.4 Å². The quantitative estimate of drug-likeness (QED) is 0.283. The number of carboxylic acids is 1. The predicted molar refractivity (Wildman–Crippen MR) is 165 cm³/mol. The number of aromatic amines is 1. The highest BCUT2D eigenvalue weighted by Gasteiger charge is 2.41. The molecule has 1 saturated heterocycles. The number of H-pyrrole nitrogens is 1. The monoisotopic (exact) mass is 659 g/mol. The Balaban J connectivity index is 1.54. The molecule has 3 heterocycles. The maximum absolute atomic E-state index is 13.9. The number of nitrogens with one attached hydrogen (secondary N) is 2. The predicted octanol–water partition coefficient (Wildman–Crippen LogP) is 3.03. The van der Waals surface area contributed by atoms with Crippen LogP contribution in [0.5, 0.6) is 0 Å². The number of carbonyl (C=O) groups is 3. The van der Waals surface area contributed by atoms with Gasteiger partial charge >= 0.3 is 5.97 Å². The van der Waals surface area contributed by atoms with Crippen molar-refractivity contribution in [3.05, 3.63) is 64.4 Å². The zero-order valence-corrected chi connectivity index (χ0v) is 26.5. The molecule has 246 valence electrons. The normalized spacial score (nSPS) is 18.1. The summed E-state index contributed by atoms with van der Waals surface area (Å²) >= 11 is 0. The number of nitrogens with zero attached hydrogens (tertiary/aromatic N) is 4. The van der Waals surface area contributed by atoms with E-state index in [1.807, 2.05) is 0 Å². The topological polar surface area (TPSA) is 182 Å². The summed E-state index contributed by atoms with van der Waals surface area (Å²) in [7, 11) is -0.936. The molecular weight excluding hydrogens is 624 g/mol. The van der Waals surface area contributed by atoms with E-state index in [0.717, 1.165) is 29.3 Å². The molecule has 1 aromatic heterocycles. The fourth-order valence-electron chi connectivity index (χ4n) is 6.14. The Morgan fingerprint density at radius 3 is 2.37 bits per heavy atom. The number of aromatic nitrogens is 2. The third-order valence-electron chi connectivity index (χ3n) is 8.36. The van der Waals surface area contributed by atoms with Gasteiger partial charge in [0.1, 0.15) is 17.7 Å². The lowest BCUT2D eigenvalue weighted by molar-refractivity contribution is -0.139. The van der Waals surface area contributed by atoms with Crippen LogP contribution in [0.3, 0.4) is 0 Å². The third-order valence-corrected chi connectivity index (χ3v) is 10.1. The highest BCUT2D eigenvalue weighted by atomic mass is 32.2. The van der Waals surface area contributed by atoms with Crippen LogP contribution in [0.15, 0.2) is 35.2 Å². The first-order valence-electron chi connectivity index (χ1n) is 14.5. The van der Waals surface area contributed by atoms with Crippen molar-refractivity contribution in [1.29, 1.82) is 0 Å². The van der Waals surface area contributed by atoms with Gasteiger partial charge in [0.15, 0.2) is 5.82 Å². The number of halogens is 2. The number of hydrogen-bond donors (Lipinski definition) is 4. The number of sulfonamides is 1. The van der Waals surface area contributed by atoms with Crippen LogP contribution >= 0.6 is 0 Å². The second kappa shape index (κ2) is 12.0. The van der Waals surface area contributed by atoms with Crippen LogP contribution in [0.4, 0.5) is 26.0 Å². The molecule has 1 unspecified atom stereocenters. The van der Waals surface area contributed by atoms with E-state index in [2.05, 4.69) is 15.5 Å². The van der Waals surface area contributed by atoms with Gasteiger partial charge in [-0.15, -0.1) is 0 Å². The zero-order valence-electron chi connectivity index (χ0n) is 25.7. The molecule has 5 N–H and O–H groups in total. The summed E-state index contributed by atoms with van der Waals surface area (Å²) in [5, 5.41) is 19.7. The average Bonchev–Trinajstić information content (AvgIpc) is 3.39. The largest absolute Gasteiger partial charge is 0.480 e. The molecule has 2 aromatic carbocycles. The van der Waals surface area contributed by atoms with E-state index < -0.39 is 55.8 Å². The summed E-state index contributed by atoms with van der Waals surface area (Å²) in [6.45, 7) is 3.57. The molecule has 16 heteroatoms. The van der Waals surface area contributed by atoms with Crippen LogP contribution < -0.4 is 20.9 Å². The van der Waals surface area contributed by atoms with Crippen LogP contribution in [0, 0.1) is 11.6 Å². The molecule has 0 aliphatic carbocycles. The molecule has 2 amide bonds. The number of piperidine rings is 1. The minimum atomic E-state index is -4.38. The van der Waals surface area contributed by atoms with E-state index in [1.165, 1.54) is 12.1 Å². The van der Waals surface area contributed by atoms with E-state index in [1.54, 1.807) is 37.7 Å². The van der Waals surface area contributed by atoms with E-state index in [9.17, 15) is 36.7 Å². The summed E-state index contributed by atoms with van der Waals surface area (Å²) in [6.07, 6.45) is 1.85. The van der Waals surface area contributed by atoms with Gasteiger partial charge in [-0.3, -0.25) is 14.7 Å². The lowest BCUT2D eigenvalue weighted by Gasteiger charge is -2.37. The Labute approximate surface area is 264 Å². The highest BCUT2D eigenvalue weighted by molar-refractivity contribution is 7.89. The van der Waals surface area contributed by atoms with Gasteiger partial charge < -0.3 is 26.0 Å². The summed E-state index contributed by atoms with van der Waals surface area (Å²) < 4.78 is 56.0. The van der Waals surface area contributed by atoms with Crippen molar-refractivity contribution in [3.8, 4) is 0 Å². The number of rotatable bonds is 8. The highest BCUT2D eigenvalue weighted by Crippen LogP contribution is 2.39. The summed E-state index contributed by atoms with van der Waals surface area (Å²) in [6, 6.07) is 4.07. The molecule has 2 aliphatic rings. The number of aliphatic carboxylic acids is 1. The number of benzene rings is 2. The van der Waals surface area contributed by atoms with Crippen LogP contribution in [0.2, 0.25) is 0 Å². The molecule has 0 bridgehead atoms. The lowest BCUT2D eigenvalue weighted by Crippen LogP contribution is -2.45. The number of carbonyl (C=O) groups excluding carboxylic acids is 2. The maximum Gasteiger partial charge on any atom is 0.326 e. The second-order valence-electron chi connectivity index (χ2n) is 12.3. The van der Waals surface area contributed by atoms with Gasteiger partial charge in [-0.05, 0) is 43.5 Å². The van der Waals surface area contributed by atoms with Crippen LogP contribution in [-0.2, 0) is 26.8 Å². The van der Waals surface area contributed by atoms with Crippen molar-refractivity contribution in [2.24, 2.45) is 5.73 Å². The van der Waals surface area contributed by atoms with E-state index in [-0.39, 0.29) is 30.0 Å². The van der Waals surface area contributed by atoms with Gasteiger partial charge in [0.2, 0.25) is 15.9 Å². The maximum atomic E-state index is 13.9. The Morgan fingerprint density at radius 2 is 1.76 bits per heavy atom. The number of fused-ring (bicyclic) bond motifs is 1. The number of nitrogens with two attached hydrogens (primary N) is 1. The molecule has 0 saturated carbocycles. The Bertz CT molecular complexity index is 1820. The Morgan fingerprint density at radius 1 is 1.09 bits per heavy atom. The number of amides is 2. The Hall–Kier alpha value is -4.57. The van der Waals surface area contributed by atoms with E-state index >= 15 is 0 Å². The smallest absolute Gasteiger partial charge is 0.326 e. The van der Waals surface area contributed by atoms with Crippen LogP contribution in [0.1, 0.15) is 65.1 Å². The van der Waals surface area contributed by atoms with Crippen molar-refractivity contribution in [3.63, 3.8) is 0 Å². The number of anilines is 3. The summed E-state index contributed by atoms with van der Waals surface area (Å²) in [4.78, 5) is 41.4. The number of carboxylic acid groups (broad SMARTS) is 1. The van der Waals surface area contributed by atoms with Crippen molar-refractivity contribution in [2.45, 2.75) is 56.0 Å². The van der Waals surface area contributed by atoms with E-state index in [4.69, 9.17) is 5.73 Å². The molecule has 1 fully saturated rings. The summed E-state index contributed by atoms with van der Waals surface area (Å²) in [5.41, 5.74) is 6.37. The van der Waals surface area contributed by atoms with Gasteiger partial charge in [-0.1, -0.05) is 13.8 Å². The SMILES string of the molecule is CN(C)c1cc(C(N)=O)c(C(=O)Nc2n[nH]c3c2CN(S(=O)(=O)c2cc(F)cc(F)c2)CC3(C)C)cc1N1CCCCC1C(=O)O. The minimum Gasteiger partial charge on any atom is -0.480 e. The van der Waals surface area contributed by atoms with Crippen molar-refractivity contribution < 1.29 is 36.7 Å². The van der Waals surface area contributed by atoms with Crippen molar-refractivity contribution >= 4 is 45.0 Å². The van der Waals surface area contributed by atoms with Gasteiger partial charge in [0, 0.05) is 56.5 Å². The Kier molecular flexibility index (Phi) is 8.55. The molecule has 0 spiro atoms. The second-order valence-corrected chi connectivity index (χ2v) is 14.3. The molecule has 46 heavy (non-hydrogen) atoms. The molecule has 3 aromatic rings. The summed E-state index contributed by atoms with van der Waals surface area (Å²) in [5.74, 6) is -4.80. The molecular formula is C30H35F2N7O6S. The molecule has 5 rings (SSSR count). The van der Waals surface area contributed by atoms with Crippen molar-refractivity contribution in [2.75, 3.05) is 42.3 Å². The third kappa shape index (κ3) is 6.01. The number of primary amides is 1. The first kappa shape index (κ1) is 32.8. The fraction of sp³-hybridized carbons (Fsp3) is 0.400. The van der Waals surface area contributed by atoms with Crippen molar-refractivity contribution in [1.82, 2.24) is 14.5 Å². The van der Waals surface area contributed by atoms with Crippen LogP contribution in [0.25, 0.3) is 0 Å². The average molecular weight is 660 g/mol. The molecule has 1 atom stereocenters. The van der Waals surface area contributed by atoms with Gasteiger partial charge in [0.25, 0.3) is 5.91 Å². The van der Waals surface area contributed by atoms with E-state index in [0.29, 0.717) is 41.7 Å². The molecule has 0 radical (unpaired) electrons. The van der Waals surface area contributed by atoms with Crippen LogP contribution in [-0.4, -0.2) is 79.0 Å². The lowest BCUT2D eigenvalue weighted by atomic mass is 9.84. The first-order valence-corrected chi connectivity index (χ1v) is 15.9. The van der Waals surface area contributed by atoms with Gasteiger partial charge in [-0.2, -0.15) is 9.40 Å². The standard InChI is InChI=1S/C30H35F2N7O6S/c1-30(2)15-38(46(44,45)18-10-16(31)9-17(32)11-18)14-21-25(30)35-36-27(21)34-28(41)20-13-24(23(37(3)4)12-19(20)26(33)40)39-8-6-5-7-22(39)29(42)43/h9-13,22H,5-8,14-15H2,1-4H3,(H2,33,40)(H,42,43)(H2,34,35,36,41). The molecule has 13 nitrogen and oxygen atoms in total. The first-order chi connectivity index (χ1) is 21.5. The fourth-order valence-corrected chi connectivity index (χ4v) is 7.75. The van der Waals surface area contributed by atoms with Gasteiger partial charge in [-0.25, -0.2) is 22.0 Å². The molecule has 2 aliphatic heterocycles.